The van der Waals surface area contributed by atoms with Gasteiger partial charge in [-0.3, -0.25) is 9.97 Å². The Hall–Kier alpha value is -4.99. The van der Waals surface area contributed by atoms with Gasteiger partial charge in [0.15, 0.2) is 0 Å². The van der Waals surface area contributed by atoms with Gasteiger partial charge in [0.05, 0.1) is 17.0 Å². The third kappa shape index (κ3) is 8.80. The van der Waals surface area contributed by atoms with Crippen molar-refractivity contribution in [2.75, 3.05) is 0 Å². The molecule has 0 fully saturated rings. The van der Waals surface area contributed by atoms with Gasteiger partial charge in [0.25, 0.3) is 0 Å². The molecule has 0 saturated carbocycles. The summed E-state index contributed by atoms with van der Waals surface area (Å²) >= 11 is 0. The zero-order valence-corrected chi connectivity index (χ0v) is 21.0. The molecule has 40 heavy (non-hydrogen) atoms. The third-order valence-corrected chi connectivity index (χ3v) is 5.12. The van der Waals surface area contributed by atoms with Crippen LogP contribution in [0.1, 0.15) is 21.6 Å². The monoisotopic (exact) mass is 551 g/mol. The number of rotatable bonds is 3. The van der Waals surface area contributed by atoms with E-state index in [-0.39, 0.29) is 5.69 Å². The molecule has 2 aromatic carbocycles. The first-order valence-corrected chi connectivity index (χ1v) is 11.7. The number of aryl methyl sites for hydroxylation is 1. The fourth-order valence-electron chi connectivity index (χ4n) is 3.34. The maximum atomic E-state index is 13.3. The van der Waals surface area contributed by atoms with Gasteiger partial charge in [0.1, 0.15) is 17.3 Å². The molecule has 1 N–H and O–H groups in total. The second kappa shape index (κ2) is 13.7. The number of carboxylic acids is 1. The summed E-state index contributed by atoms with van der Waals surface area (Å²) in [6.07, 6.45) is 0.252. The summed E-state index contributed by atoms with van der Waals surface area (Å²) in [6, 6.07) is 22.5. The van der Waals surface area contributed by atoms with Gasteiger partial charge in [-0.2, -0.15) is 13.2 Å². The highest BCUT2D eigenvalue weighted by Crippen LogP contribution is 2.32. The van der Waals surface area contributed by atoms with E-state index in [1.807, 2.05) is 0 Å². The molecule has 0 spiro atoms. The molecule has 3 heterocycles. The molecule has 0 amide bonds. The summed E-state index contributed by atoms with van der Waals surface area (Å²) in [4.78, 5) is 21.7. The molecule has 0 unspecified atom stereocenters. The fraction of sp³-hybridized carbons (Fsp3) is 0.0667. The number of hydrogen-bond acceptors (Lipinski definition) is 4. The van der Waals surface area contributed by atoms with E-state index < -0.39 is 29.3 Å². The Bertz CT molecular complexity index is 1530. The third-order valence-electron chi connectivity index (χ3n) is 5.12. The number of aromatic nitrogens is 3. The quantitative estimate of drug-likeness (QED) is 0.231. The molecule has 5 rings (SSSR count). The first-order valence-electron chi connectivity index (χ1n) is 11.7. The predicted octanol–water partition coefficient (Wildman–Crippen LogP) is 7.88. The molecular weight excluding hydrogens is 529 g/mol. The van der Waals surface area contributed by atoms with Crippen LogP contribution < -0.4 is 0 Å². The van der Waals surface area contributed by atoms with Crippen LogP contribution in [0.25, 0.3) is 22.5 Å². The number of carbonyl (C=O) groups is 1. The zero-order valence-electron chi connectivity index (χ0n) is 21.0. The number of alkyl halides is 3. The topological polar surface area (TPSA) is 76.0 Å². The Labute approximate surface area is 226 Å². The summed E-state index contributed by atoms with van der Waals surface area (Å²) < 4.78 is 63.8. The molecule has 0 aliphatic heterocycles. The summed E-state index contributed by atoms with van der Waals surface area (Å²) in [5.41, 5.74) is 1.85. The molecule has 5 aromatic rings. The Morgan fingerprint density at radius 3 is 1.80 bits per heavy atom. The largest absolute Gasteiger partial charge is 0.477 e. The van der Waals surface area contributed by atoms with E-state index in [1.165, 1.54) is 24.4 Å². The molecule has 0 saturated heterocycles. The van der Waals surface area contributed by atoms with Crippen molar-refractivity contribution in [3.63, 3.8) is 0 Å². The van der Waals surface area contributed by atoms with Gasteiger partial charge in [-0.15, -0.1) is 0 Å². The summed E-state index contributed by atoms with van der Waals surface area (Å²) in [6.45, 7) is 1.64. The van der Waals surface area contributed by atoms with Crippen molar-refractivity contribution in [1.29, 1.82) is 0 Å². The van der Waals surface area contributed by atoms with E-state index in [9.17, 15) is 26.7 Å². The molecule has 10 heteroatoms. The van der Waals surface area contributed by atoms with E-state index in [0.29, 0.717) is 28.1 Å². The molecular formula is C30H22F5N3O2. The van der Waals surface area contributed by atoms with Gasteiger partial charge in [-0.1, -0.05) is 18.2 Å². The average molecular weight is 552 g/mol. The van der Waals surface area contributed by atoms with Gasteiger partial charge in [0.2, 0.25) is 0 Å². The van der Waals surface area contributed by atoms with Gasteiger partial charge >= 0.3 is 12.1 Å². The van der Waals surface area contributed by atoms with Crippen LogP contribution in [0.2, 0.25) is 0 Å². The number of halogens is 5. The van der Waals surface area contributed by atoms with Crippen LogP contribution in [-0.2, 0) is 6.18 Å². The number of carboxylic acid groups (broad SMARTS) is 1. The number of hydrogen-bond donors (Lipinski definition) is 1. The Morgan fingerprint density at radius 1 is 0.725 bits per heavy atom. The summed E-state index contributed by atoms with van der Waals surface area (Å²) in [5, 5.41) is 8.32. The first kappa shape index (κ1) is 29.6. The van der Waals surface area contributed by atoms with Crippen molar-refractivity contribution in [3.05, 3.63) is 138 Å². The second-order valence-electron chi connectivity index (χ2n) is 8.16. The highest BCUT2D eigenvalue weighted by molar-refractivity contribution is 5.85. The van der Waals surface area contributed by atoms with E-state index >= 15 is 0 Å². The van der Waals surface area contributed by atoms with Gasteiger partial charge in [-0.25, -0.2) is 18.6 Å². The lowest BCUT2D eigenvalue weighted by Gasteiger charge is -2.10. The molecule has 0 bridgehead atoms. The smallest absolute Gasteiger partial charge is 0.416 e. The average Bonchev–Trinajstić information content (AvgIpc) is 2.94. The van der Waals surface area contributed by atoms with Crippen LogP contribution >= 0.6 is 0 Å². The summed E-state index contributed by atoms with van der Waals surface area (Å²) in [7, 11) is 0. The van der Waals surface area contributed by atoms with Gasteiger partial charge in [0, 0.05) is 35.8 Å². The predicted molar refractivity (Wildman–Crippen MR) is 140 cm³/mol. The van der Waals surface area contributed by atoms with Crippen LogP contribution in [-0.4, -0.2) is 26.0 Å². The first-order chi connectivity index (χ1) is 19.0. The number of nitrogens with zero attached hydrogens (tertiary/aromatic N) is 3. The van der Waals surface area contributed by atoms with Crippen molar-refractivity contribution < 1.29 is 31.9 Å². The Kier molecular flexibility index (Phi) is 10.1. The second-order valence-corrected chi connectivity index (χ2v) is 8.16. The fourth-order valence-corrected chi connectivity index (χ4v) is 3.34. The number of pyridine rings is 3. The van der Waals surface area contributed by atoms with E-state index in [1.54, 1.807) is 73.9 Å². The normalized spacial score (nSPS) is 10.4. The SMILES string of the molecule is Cc1cc(-c2ccccn2)cc(C(F)(F)F)c1.Fc1ccc(-c2ccccn2)c(F)c1.O=C(O)c1ccccn1. The highest BCUT2D eigenvalue weighted by Gasteiger charge is 2.31. The van der Waals surface area contributed by atoms with Crippen LogP contribution in [0.15, 0.2) is 110 Å². The lowest BCUT2D eigenvalue weighted by Crippen LogP contribution is -2.05. The van der Waals surface area contributed by atoms with Crippen molar-refractivity contribution in [2.45, 2.75) is 13.1 Å². The van der Waals surface area contributed by atoms with Crippen LogP contribution in [0, 0.1) is 18.6 Å². The van der Waals surface area contributed by atoms with Crippen molar-refractivity contribution in [3.8, 4) is 22.5 Å². The molecule has 5 nitrogen and oxygen atoms in total. The molecule has 0 aliphatic carbocycles. The van der Waals surface area contributed by atoms with E-state index in [0.717, 1.165) is 18.2 Å². The zero-order chi connectivity index (χ0) is 29.1. The molecule has 0 atom stereocenters. The lowest BCUT2D eigenvalue weighted by atomic mass is 10.0. The minimum absolute atomic E-state index is 0.0810. The van der Waals surface area contributed by atoms with Crippen molar-refractivity contribution in [2.24, 2.45) is 0 Å². The minimum Gasteiger partial charge on any atom is -0.477 e. The number of aromatic carboxylic acids is 1. The van der Waals surface area contributed by atoms with Crippen molar-refractivity contribution in [1.82, 2.24) is 15.0 Å². The molecule has 204 valence electrons. The number of benzene rings is 2. The van der Waals surface area contributed by atoms with Crippen molar-refractivity contribution >= 4 is 5.97 Å². The van der Waals surface area contributed by atoms with E-state index in [4.69, 9.17) is 5.11 Å². The molecule has 3 aromatic heterocycles. The van der Waals surface area contributed by atoms with E-state index in [2.05, 4.69) is 15.0 Å². The van der Waals surface area contributed by atoms with Gasteiger partial charge < -0.3 is 5.11 Å². The lowest BCUT2D eigenvalue weighted by molar-refractivity contribution is -0.137. The standard InChI is InChI=1S/C13H10F3N.C11H7F2N.C6H5NO2/c1-9-6-10(12-4-2-3-5-17-12)8-11(7-9)13(14,15)16;12-8-4-5-9(10(13)7-8)11-3-1-2-6-14-11;8-6(9)5-3-1-2-4-7-5/h2-8H,1H3;1-7H;1-4H,(H,8,9). The van der Waals surface area contributed by atoms with Crippen LogP contribution in [0.5, 0.6) is 0 Å². The maximum absolute atomic E-state index is 13.3. The molecule has 0 aliphatic rings. The van der Waals surface area contributed by atoms with Crippen LogP contribution in [0.4, 0.5) is 22.0 Å². The van der Waals surface area contributed by atoms with Gasteiger partial charge in [-0.05, 0) is 79.2 Å². The maximum Gasteiger partial charge on any atom is 0.416 e. The highest BCUT2D eigenvalue weighted by atomic mass is 19.4. The molecule has 0 radical (unpaired) electrons. The minimum atomic E-state index is -4.32. The van der Waals surface area contributed by atoms with Crippen LogP contribution in [0.3, 0.4) is 0 Å². The Balaban J connectivity index is 0.000000173. The summed E-state index contributed by atoms with van der Waals surface area (Å²) in [5.74, 6) is -2.17. The Morgan fingerprint density at radius 2 is 1.32 bits per heavy atom.